The van der Waals surface area contributed by atoms with Crippen LogP contribution in [-0.2, 0) is 6.42 Å². The molecule has 1 aromatic heterocycles. The number of rotatable bonds is 2. The Morgan fingerprint density at radius 3 is 3.00 bits per heavy atom. The lowest BCUT2D eigenvalue weighted by Gasteiger charge is -2.06. The van der Waals surface area contributed by atoms with Crippen LogP contribution in [0.15, 0.2) is 16.7 Å². The molecule has 1 rings (SSSR count). The van der Waals surface area contributed by atoms with E-state index in [0.29, 0.717) is 11.6 Å². The van der Waals surface area contributed by atoms with Gasteiger partial charge in [0.1, 0.15) is 5.15 Å². The fraction of sp³-hybridized carbons (Fsp3) is 0.375. The van der Waals surface area contributed by atoms with Crippen molar-refractivity contribution in [1.29, 1.82) is 0 Å². The summed E-state index contributed by atoms with van der Waals surface area (Å²) in [6, 6.07) is 1.75. The van der Waals surface area contributed by atoms with Crippen LogP contribution in [0, 0.1) is 0 Å². The van der Waals surface area contributed by atoms with Crippen molar-refractivity contribution in [2.75, 3.05) is 0 Å². The van der Waals surface area contributed by atoms with E-state index in [9.17, 15) is 0 Å². The molecule has 0 unspecified atom stereocenters. The molecule has 12 heavy (non-hydrogen) atoms. The van der Waals surface area contributed by atoms with Crippen molar-refractivity contribution < 1.29 is 5.11 Å². The molecule has 0 radical (unpaired) electrons. The van der Waals surface area contributed by atoms with Gasteiger partial charge in [-0.05, 0) is 40.9 Å². The Kier molecular flexibility index (Phi) is 3.50. The fourth-order valence-electron chi connectivity index (χ4n) is 0.926. The van der Waals surface area contributed by atoms with Crippen LogP contribution in [0.1, 0.15) is 12.5 Å². The third-order valence-corrected chi connectivity index (χ3v) is 2.34. The van der Waals surface area contributed by atoms with Crippen LogP contribution in [0.4, 0.5) is 0 Å². The van der Waals surface area contributed by atoms with Crippen molar-refractivity contribution in [2.45, 2.75) is 19.4 Å². The van der Waals surface area contributed by atoms with Crippen LogP contribution in [0.25, 0.3) is 0 Å². The summed E-state index contributed by atoms with van der Waals surface area (Å²) in [7, 11) is 0. The van der Waals surface area contributed by atoms with E-state index in [4.69, 9.17) is 16.7 Å². The molecule has 1 N–H and O–H groups in total. The molecule has 0 aliphatic heterocycles. The van der Waals surface area contributed by atoms with Crippen molar-refractivity contribution in [3.05, 3.63) is 27.5 Å². The van der Waals surface area contributed by atoms with Crippen molar-refractivity contribution in [1.82, 2.24) is 4.98 Å². The molecule has 0 saturated heterocycles. The molecule has 1 aromatic rings. The van der Waals surface area contributed by atoms with Gasteiger partial charge in [0, 0.05) is 10.7 Å². The van der Waals surface area contributed by atoms with Crippen LogP contribution >= 0.6 is 27.5 Å². The van der Waals surface area contributed by atoms with E-state index in [2.05, 4.69) is 20.9 Å². The maximum atomic E-state index is 9.14. The highest BCUT2D eigenvalue weighted by molar-refractivity contribution is 9.10. The van der Waals surface area contributed by atoms with Gasteiger partial charge in [-0.1, -0.05) is 11.6 Å². The maximum Gasteiger partial charge on any atom is 0.129 e. The number of hydrogen-bond acceptors (Lipinski definition) is 2. The Morgan fingerprint density at radius 1 is 1.75 bits per heavy atom. The molecule has 0 aliphatic carbocycles. The SMILES string of the molecule is C[C@H](O)Cc1cc(Cl)ncc1Br. The number of halogens is 2. The van der Waals surface area contributed by atoms with E-state index < -0.39 is 0 Å². The van der Waals surface area contributed by atoms with Crippen molar-refractivity contribution in [2.24, 2.45) is 0 Å². The molecule has 0 fully saturated rings. The minimum atomic E-state index is -0.361. The van der Waals surface area contributed by atoms with Gasteiger partial charge in [0.25, 0.3) is 0 Å². The third kappa shape index (κ3) is 2.73. The molecule has 0 saturated carbocycles. The molecule has 2 nitrogen and oxygen atoms in total. The second-order valence-electron chi connectivity index (χ2n) is 2.65. The first-order valence-corrected chi connectivity index (χ1v) is 4.74. The van der Waals surface area contributed by atoms with Gasteiger partial charge in [0.2, 0.25) is 0 Å². The van der Waals surface area contributed by atoms with Gasteiger partial charge < -0.3 is 5.11 Å². The van der Waals surface area contributed by atoms with Gasteiger partial charge in [-0.25, -0.2) is 4.98 Å². The molecule has 0 bridgehead atoms. The Bertz CT molecular complexity index is 278. The number of aromatic nitrogens is 1. The van der Waals surface area contributed by atoms with Gasteiger partial charge in [-0.3, -0.25) is 0 Å². The third-order valence-electron chi connectivity index (χ3n) is 1.42. The molecular weight excluding hydrogens is 241 g/mol. The van der Waals surface area contributed by atoms with Gasteiger partial charge >= 0.3 is 0 Å². The highest BCUT2D eigenvalue weighted by atomic mass is 79.9. The van der Waals surface area contributed by atoms with Crippen LogP contribution in [0.5, 0.6) is 0 Å². The van der Waals surface area contributed by atoms with Crippen LogP contribution < -0.4 is 0 Å². The minimum absolute atomic E-state index is 0.361. The predicted octanol–water partition coefficient (Wildman–Crippen LogP) is 2.42. The number of hydrogen-bond donors (Lipinski definition) is 1. The summed E-state index contributed by atoms with van der Waals surface area (Å²) >= 11 is 9.01. The molecule has 66 valence electrons. The van der Waals surface area contributed by atoms with Gasteiger partial charge in [-0.15, -0.1) is 0 Å². The molecule has 1 atom stereocenters. The Balaban J connectivity index is 2.90. The second kappa shape index (κ2) is 4.21. The largest absolute Gasteiger partial charge is 0.393 e. The van der Waals surface area contributed by atoms with E-state index in [0.717, 1.165) is 10.0 Å². The zero-order valence-electron chi connectivity index (χ0n) is 6.59. The molecule has 0 aliphatic rings. The van der Waals surface area contributed by atoms with Gasteiger partial charge in [0.15, 0.2) is 0 Å². The van der Waals surface area contributed by atoms with Crippen molar-refractivity contribution >= 4 is 27.5 Å². The average Bonchev–Trinajstić information content (AvgIpc) is 1.96. The molecule has 1 heterocycles. The zero-order chi connectivity index (χ0) is 9.14. The number of pyridine rings is 1. The number of aliphatic hydroxyl groups excluding tert-OH is 1. The number of aliphatic hydroxyl groups is 1. The van der Waals surface area contributed by atoms with E-state index in [1.807, 2.05) is 0 Å². The predicted molar refractivity (Wildman–Crippen MR) is 52.3 cm³/mol. The summed E-state index contributed by atoms with van der Waals surface area (Å²) in [4.78, 5) is 3.88. The zero-order valence-corrected chi connectivity index (χ0v) is 8.93. The van der Waals surface area contributed by atoms with Crippen LogP contribution in [-0.4, -0.2) is 16.2 Å². The lowest BCUT2D eigenvalue weighted by atomic mass is 10.1. The van der Waals surface area contributed by atoms with Crippen LogP contribution in [0.2, 0.25) is 5.15 Å². The fourth-order valence-corrected chi connectivity index (χ4v) is 1.49. The van der Waals surface area contributed by atoms with Crippen molar-refractivity contribution in [3.63, 3.8) is 0 Å². The lowest BCUT2D eigenvalue weighted by molar-refractivity contribution is 0.195. The monoisotopic (exact) mass is 249 g/mol. The summed E-state index contributed by atoms with van der Waals surface area (Å²) in [5, 5.41) is 9.59. The quantitative estimate of drug-likeness (QED) is 0.818. The summed E-state index contributed by atoms with van der Waals surface area (Å²) in [5.74, 6) is 0. The first-order valence-electron chi connectivity index (χ1n) is 3.57. The normalized spacial score (nSPS) is 13.0. The molecule has 4 heteroatoms. The lowest BCUT2D eigenvalue weighted by Crippen LogP contribution is -2.04. The maximum absolute atomic E-state index is 9.14. The second-order valence-corrected chi connectivity index (χ2v) is 3.89. The Labute approximate surface area is 84.7 Å². The molecule has 0 spiro atoms. The highest BCUT2D eigenvalue weighted by Crippen LogP contribution is 2.19. The average molecular weight is 251 g/mol. The molecular formula is C8H9BrClNO. The van der Waals surface area contributed by atoms with Gasteiger partial charge in [-0.2, -0.15) is 0 Å². The minimum Gasteiger partial charge on any atom is -0.393 e. The Hall–Kier alpha value is -0.120. The molecule has 0 aromatic carbocycles. The summed E-state index contributed by atoms with van der Waals surface area (Å²) in [6.07, 6.45) is 1.86. The summed E-state index contributed by atoms with van der Waals surface area (Å²) in [5.41, 5.74) is 0.977. The summed E-state index contributed by atoms with van der Waals surface area (Å²) in [6.45, 7) is 1.74. The molecule has 0 amide bonds. The first kappa shape index (κ1) is 9.96. The smallest absolute Gasteiger partial charge is 0.129 e. The topological polar surface area (TPSA) is 33.1 Å². The number of nitrogens with zero attached hydrogens (tertiary/aromatic N) is 1. The highest BCUT2D eigenvalue weighted by Gasteiger charge is 2.04. The van der Waals surface area contributed by atoms with E-state index in [1.165, 1.54) is 0 Å². The van der Waals surface area contributed by atoms with E-state index in [-0.39, 0.29) is 6.10 Å². The van der Waals surface area contributed by atoms with Gasteiger partial charge in [0.05, 0.1) is 6.10 Å². The first-order chi connectivity index (χ1) is 5.59. The van der Waals surface area contributed by atoms with Crippen molar-refractivity contribution in [3.8, 4) is 0 Å². The van der Waals surface area contributed by atoms with Crippen LogP contribution in [0.3, 0.4) is 0 Å². The van der Waals surface area contributed by atoms with E-state index in [1.54, 1.807) is 19.2 Å². The summed E-state index contributed by atoms with van der Waals surface area (Å²) < 4.78 is 0.882. The standard InChI is InChI=1S/C8H9BrClNO/c1-5(12)2-6-3-8(10)11-4-7(6)9/h3-5,12H,2H2,1H3/t5-/m0/s1. The van der Waals surface area contributed by atoms with E-state index >= 15 is 0 Å². The Morgan fingerprint density at radius 2 is 2.42 bits per heavy atom.